The van der Waals surface area contributed by atoms with Crippen LogP contribution in [0, 0.1) is 5.92 Å². The number of aromatic nitrogens is 3. The highest BCUT2D eigenvalue weighted by Gasteiger charge is 2.38. The molecule has 0 unspecified atom stereocenters. The first-order valence-electron chi connectivity index (χ1n) is 28.1. The van der Waals surface area contributed by atoms with E-state index in [9.17, 15) is 38.4 Å². The molecule has 0 saturated heterocycles. The van der Waals surface area contributed by atoms with Crippen LogP contribution in [0.25, 0.3) is 21.7 Å². The number of rotatable bonds is 32. The molecular weight excluding hydrogens is 1070 g/mol. The molecule has 7 atom stereocenters. The standard InChI is InChI=1S/C60H80N16O8/c1-35(2)50(51(63)77)75-56(82)47(28-36-15-6-5-7-16-36)72-54(80)46(21-12-13-25-61)74-58(84)60(3,4)76-57(83)49(30-40-32-68-44-20-11-10-19-42(40)44)73-53(79)45(22-14-26-67-59(64)65)70-55(81)48(71-52(78)43(62)31-41-33-66-34-69-41)29-37-23-24-38-17-8-9-18-39(38)27-37/h5-11,15-20,23-24,27,32-35,43,45-50,68H,12-14,21-22,25-26,28-31,61-62H2,1-4H3,(H2,63,77)(H,66,69)(H,70,81)(H,71,78)(H,72,80)(H,73,79)(H,74,84)(H,75,82)(H,76,83)(H4,64,65,67)/t43-,45-,46-,47-,48-,49-,50-/m0/s1. The molecule has 4 aromatic carbocycles. The van der Waals surface area contributed by atoms with Crippen molar-refractivity contribution in [3.8, 4) is 0 Å². The summed E-state index contributed by atoms with van der Waals surface area (Å²) in [7, 11) is 0. The van der Waals surface area contributed by atoms with Crippen molar-refractivity contribution in [3.63, 3.8) is 0 Å². The normalized spacial score (nSPS) is 13.9. The van der Waals surface area contributed by atoms with Gasteiger partial charge in [-0.2, -0.15) is 0 Å². The van der Waals surface area contributed by atoms with Crippen molar-refractivity contribution in [1.29, 1.82) is 0 Å². The van der Waals surface area contributed by atoms with Gasteiger partial charge in [-0.3, -0.25) is 43.3 Å². The Hall–Kier alpha value is -9.16. The fourth-order valence-electron chi connectivity index (χ4n) is 9.57. The number of aliphatic imine (C=N–C) groups is 1. The van der Waals surface area contributed by atoms with Gasteiger partial charge in [0, 0.05) is 61.2 Å². The van der Waals surface area contributed by atoms with Gasteiger partial charge in [0.15, 0.2) is 5.96 Å². The second kappa shape index (κ2) is 30.8. The van der Waals surface area contributed by atoms with Crippen molar-refractivity contribution >= 4 is 74.9 Å². The number of imidazole rings is 1. The number of carbonyl (C=O) groups is 8. The van der Waals surface area contributed by atoms with Gasteiger partial charge in [0.25, 0.3) is 0 Å². The molecule has 0 spiro atoms. The van der Waals surface area contributed by atoms with Crippen LogP contribution in [0.3, 0.4) is 0 Å². The fraction of sp³-hybridized carbons (Fsp3) is 0.400. The molecule has 24 heteroatoms. The summed E-state index contributed by atoms with van der Waals surface area (Å²) in [4.78, 5) is 127. The van der Waals surface area contributed by atoms with Gasteiger partial charge in [-0.05, 0) is 91.9 Å². The minimum Gasteiger partial charge on any atom is -0.370 e. The number of aromatic amines is 2. The summed E-state index contributed by atoms with van der Waals surface area (Å²) in [6, 6.07) is 21.0. The van der Waals surface area contributed by atoms with E-state index in [1.165, 1.54) is 26.4 Å². The molecule has 2 heterocycles. The maximum Gasteiger partial charge on any atom is 0.245 e. The van der Waals surface area contributed by atoms with Crippen molar-refractivity contribution < 1.29 is 38.4 Å². The molecule has 0 saturated carbocycles. The molecular formula is C60H80N16O8. The van der Waals surface area contributed by atoms with Gasteiger partial charge < -0.3 is 75.9 Å². The lowest BCUT2D eigenvalue weighted by atomic mass is 9.98. The third-order valence-corrected chi connectivity index (χ3v) is 14.3. The minimum atomic E-state index is -1.76. The molecule has 2 aromatic heterocycles. The molecule has 0 aliphatic heterocycles. The molecule has 6 aromatic rings. The van der Waals surface area contributed by atoms with Crippen LogP contribution in [0.4, 0.5) is 0 Å². The molecule has 24 nitrogen and oxygen atoms in total. The maximum atomic E-state index is 14.9. The molecule has 448 valence electrons. The minimum absolute atomic E-state index is 0.000914. The largest absolute Gasteiger partial charge is 0.370 e. The van der Waals surface area contributed by atoms with Crippen LogP contribution in [-0.4, -0.2) is 129 Å². The molecule has 8 amide bonds. The number of fused-ring (bicyclic) bond motifs is 2. The van der Waals surface area contributed by atoms with Crippen LogP contribution >= 0.6 is 0 Å². The van der Waals surface area contributed by atoms with Crippen LogP contribution < -0.4 is 65.9 Å². The van der Waals surface area contributed by atoms with Crippen LogP contribution in [0.1, 0.15) is 82.2 Å². The summed E-state index contributed by atoms with van der Waals surface area (Å²) in [6.45, 7) is 6.66. The fourth-order valence-corrected chi connectivity index (χ4v) is 9.57. The van der Waals surface area contributed by atoms with E-state index in [1.807, 2.05) is 66.7 Å². The van der Waals surface area contributed by atoms with Crippen LogP contribution in [0.2, 0.25) is 0 Å². The summed E-state index contributed by atoms with van der Waals surface area (Å²) in [5.41, 5.74) is 30.7. The SMILES string of the molecule is CC(C)[C@H](NC(=O)[C@H](Cc1ccccc1)NC(=O)[C@H](CCCCN)NC(=O)C(C)(C)NC(=O)[C@H](Cc1c[nH]c2ccccc12)NC(=O)[C@H](CCCN=C(N)N)NC(=O)[C@H](Cc1ccc2ccccc2c1)NC(=O)[C@@H](N)Cc1cnc[nH]1)C(N)=O. The van der Waals surface area contributed by atoms with E-state index in [2.05, 4.69) is 57.2 Å². The molecule has 0 radical (unpaired) electrons. The average molecular weight is 1150 g/mol. The summed E-state index contributed by atoms with van der Waals surface area (Å²) in [5.74, 6) is -6.44. The van der Waals surface area contributed by atoms with Crippen molar-refractivity contribution in [3.05, 3.63) is 138 Å². The van der Waals surface area contributed by atoms with Gasteiger partial charge >= 0.3 is 0 Å². The second-order valence-corrected chi connectivity index (χ2v) is 21.8. The highest BCUT2D eigenvalue weighted by Crippen LogP contribution is 2.21. The number of primary amides is 1. The Balaban J connectivity index is 1.26. The first kappa shape index (κ1) is 64.0. The molecule has 0 fully saturated rings. The lowest BCUT2D eigenvalue weighted by Crippen LogP contribution is -2.63. The van der Waals surface area contributed by atoms with Gasteiger partial charge in [-0.1, -0.05) is 105 Å². The van der Waals surface area contributed by atoms with Crippen molar-refractivity contribution in [2.75, 3.05) is 13.1 Å². The lowest BCUT2D eigenvalue weighted by Gasteiger charge is -2.31. The third-order valence-electron chi connectivity index (χ3n) is 14.3. The summed E-state index contributed by atoms with van der Waals surface area (Å²) < 4.78 is 0. The monoisotopic (exact) mass is 1150 g/mol. The number of benzene rings is 4. The maximum absolute atomic E-state index is 14.9. The second-order valence-electron chi connectivity index (χ2n) is 21.8. The van der Waals surface area contributed by atoms with Crippen molar-refractivity contribution in [2.45, 2.75) is 133 Å². The van der Waals surface area contributed by atoms with E-state index in [1.54, 1.807) is 50.4 Å². The van der Waals surface area contributed by atoms with Crippen LogP contribution in [0.5, 0.6) is 0 Å². The highest BCUT2D eigenvalue weighted by atomic mass is 16.2. The Labute approximate surface area is 487 Å². The number of amides is 8. The lowest BCUT2D eigenvalue weighted by molar-refractivity contribution is -0.137. The zero-order valence-corrected chi connectivity index (χ0v) is 47.9. The van der Waals surface area contributed by atoms with Gasteiger partial charge in [0.1, 0.15) is 41.8 Å². The number of nitrogens with one attached hydrogen (secondary N) is 9. The molecule has 0 bridgehead atoms. The Morgan fingerprint density at radius 1 is 0.595 bits per heavy atom. The molecule has 0 aliphatic carbocycles. The van der Waals surface area contributed by atoms with Crippen molar-refractivity contribution in [1.82, 2.24) is 52.2 Å². The quantitative estimate of drug-likeness (QED) is 0.0158. The van der Waals surface area contributed by atoms with Crippen molar-refractivity contribution in [2.24, 2.45) is 39.6 Å². The number of H-pyrrole nitrogens is 2. The number of para-hydroxylation sites is 1. The Kier molecular flexibility index (Phi) is 23.4. The third kappa shape index (κ3) is 19.0. The zero-order valence-electron chi connectivity index (χ0n) is 47.9. The summed E-state index contributed by atoms with van der Waals surface area (Å²) in [5, 5.41) is 22.1. The predicted molar refractivity (Wildman–Crippen MR) is 321 cm³/mol. The first-order chi connectivity index (χ1) is 40.1. The summed E-state index contributed by atoms with van der Waals surface area (Å²) in [6.07, 6.45) is 5.84. The summed E-state index contributed by atoms with van der Waals surface area (Å²) >= 11 is 0. The number of nitrogens with zero attached hydrogens (tertiary/aromatic N) is 2. The highest BCUT2D eigenvalue weighted by molar-refractivity contribution is 5.99. The first-order valence-corrected chi connectivity index (χ1v) is 28.1. The Morgan fingerprint density at radius 3 is 1.83 bits per heavy atom. The molecule has 84 heavy (non-hydrogen) atoms. The van der Waals surface area contributed by atoms with E-state index in [-0.39, 0.29) is 63.4 Å². The smallest absolute Gasteiger partial charge is 0.245 e. The molecule has 6 rings (SSSR count). The van der Waals surface area contributed by atoms with E-state index < -0.39 is 95.1 Å². The van der Waals surface area contributed by atoms with E-state index in [4.69, 9.17) is 28.7 Å². The van der Waals surface area contributed by atoms with Gasteiger partial charge in [0.05, 0.1) is 12.4 Å². The number of carbonyl (C=O) groups excluding carboxylic acids is 8. The van der Waals surface area contributed by atoms with E-state index in [0.29, 0.717) is 41.8 Å². The Morgan fingerprint density at radius 2 is 1.18 bits per heavy atom. The topological polar surface area (TPSA) is 408 Å². The zero-order chi connectivity index (χ0) is 60.9. The van der Waals surface area contributed by atoms with Crippen LogP contribution in [-0.2, 0) is 64.0 Å². The average Bonchev–Trinajstić information content (AvgIpc) is 3.92. The van der Waals surface area contributed by atoms with E-state index in [0.717, 1.165) is 21.7 Å². The predicted octanol–water partition coefficient (Wildman–Crippen LogP) is 0.770. The number of unbranched alkanes of at least 4 members (excludes halogenated alkanes) is 1. The number of hydrogen-bond acceptors (Lipinski definition) is 12. The Bertz CT molecular complexity index is 3230. The van der Waals surface area contributed by atoms with Gasteiger partial charge in [-0.25, -0.2) is 4.98 Å². The van der Waals surface area contributed by atoms with E-state index >= 15 is 0 Å². The van der Waals surface area contributed by atoms with Crippen LogP contribution in [0.15, 0.2) is 121 Å². The number of nitrogens with two attached hydrogens (primary N) is 5. The van der Waals surface area contributed by atoms with Gasteiger partial charge in [0.2, 0.25) is 47.3 Å². The number of hydrogen-bond donors (Lipinski definition) is 14. The van der Waals surface area contributed by atoms with Gasteiger partial charge in [-0.15, -0.1) is 0 Å². The molecule has 0 aliphatic rings. The molecule has 19 N–H and O–H groups in total. The number of guanidine groups is 1.